The first-order valence-corrected chi connectivity index (χ1v) is 7.48. The van der Waals surface area contributed by atoms with Gasteiger partial charge in [0.15, 0.2) is 0 Å². The second-order valence-electron chi connectivity index (χ2n) is 5.48. The molecule has 2 aromatic heterocycles. The highest BCUT2D eigenvalue weighted by molar-refractivity contribution is 6.03. The van der Waals surface area contributed by atoms with Crippen molar-refractivity contribution >= 4 is 22.8 Å². The maximum atomic E-state index is 12.7. The highest BCUT2D eigenvalue weighted by Gasteiger charge is 2.30. The summed E-state index contributed by atoms with van der Waals surface area (Å²) in [6, 6.07) is 9.33. The standard InChI is InChI=1S/C16H15N5O2/c22-15(14-12-4-1-2-5-13(12)20-23-14)21-9-6-11(10-21)19-16-17-7-3-8-18-16/h1-5,7-8,11H,6,9-10H2,(H,17,18,19). The molecule has 1 aromatic carbocycles. The van der Waals surface area contributed by atoms with Crippen molar-refractivity contribution in [3.05, 3.63) is 48.5 Å². The van der Waals surface area contributed by atoms with Crippen LogP contribution in [-0.2, 0) is 0 Å². The van der Waals surface area contributed by atoms with Gasteiger partial charge in [0, 0.05) is 31.5 Å². The molecule has 3 aromatic rings. The van der Waals surface area contributed by atoms with Crippen molar-refractivity contribution in [3.63, 3.8) is 0 Å². The van der Waals surface area contributed by atoms with Gasteiger partial charge < -0.3 is 14.7 Å². The van der Waals surface area contributed by atoms with Crippen LogP contribution in [0.1, 0.15) is 17.0 Å². The number of carbonyl (C=O) groups excluding carboxylic acids is 1. The molecule has 0 bridgehead atoms. The summed E-state index contributed by atoms with van der Waals surface area (Å²) in [5.74, 6) is 0.756. The molecule has 1 atom stereocenters. The van der Waals surface area contributed by atoms with E-state index in [-0.39, 0.29) is 11.9 Å². The molecule has 1 aliphatic rings. The van der Waals surface area contributed by atoms with Crippen LogP contribution in [0.4, 0.5) is 5.95 Å². The Morgan fingerprint density at radius 1 is 1.22 bits per heavy atom. The Labute approximate surface area is 132 Å². The van der Waals surface area contributed by atoms with E-state index in [1.165, 1.54) is 0 Å². The predicted octanol–water partition coefficient (Wildman–Crippen LogP) is 1.94. The first-order valence-electron chi connectivity index (χ1n) is 7.48. The molecule has 23 heavy (non-hydrogen) atoms. The lowest BCUT2D eigenvalue weighted by atomic mass is 10.2. The van der Waals surface area contributed by atoms with E-state index < -0.39 is 0 Å². The van der Waals surface area contributed by atoms with E-state index in [9.17, 15) is 4.79 Å². The summed E-state index contributed by atoms with van der Waals surface area (Å²) in [5, 5.41) is 7.94. The predicted molar refractivity (Wildman–Crippen MR) is 84.0 cm³/mol. The Kier molecular flexibility index (Phi) is 3.38. The number of amides is 1. The van der Waals surface area contributed by atoms with Crippen molar-refractivity contribution in [2.24, 2.45) is 0 Å². The van der Waals surface area contributed by atoms with Crippen LogP contribution in [0.25, 0.3) is 10.9 Å². The molecule has 1 amide bonds. The van der Waals surface area contributed by atoms with Crippen LogP contribution in [-0.4, -0.2) is 45.1 Å². The Morgan fingerprint density at radius 3 is 2.91 bits per heavy atom. The number of nitrogens with zero attached hydrogens (tertiary/aromatic N) is 4. The number of fused-ring (bicyclic) bond motifs is 1. The average molecular weight is 309 g/mol. The van der Waals surface area contributed by atoms with Gasteiger partial charge in [-0.05, 0) is 24.6 Å². The monoisotopic (exact) mass is 309 g/mol. The van der Waals surface area contributed by atoms with E-state index in [0.717, 1.165) is 11.8 Å². The normalized spacial score (nSPS) is 17.6. The first kappa shape index (κ1) is 13.7. The molecule has 0 aliphatic carbocycles. The number of nitrogens with one attached hydrogen (secondary N) is 1. The molecule has 0 spiro atoms. The Hall–Kier alpha value is -2.96. The number of hydrogen-bond donors (Lipinski definition) is 1. The van der Waals surface area contributed by atoms with Gasteiger partial charge in [0.05, 0.1) is 5.39 Å². The zero-order chi connectivity index (χ0) is 15.6. The van der Waals surface area contributed by atoms with Crippen LogP contribution in [0, 0.1) is 0 Å². The van der Waals surface area contributed by atoms with Crippen LogP contribution in [0.3, 0.4) is 0 Å². The van der Waals surface area contributed by atoms with Crippen molar-refractivity contribution in [1.29, 1.82) is 0 Å². The van der Waals surface area contributed by atoms with Gasteiger partial charge in [-0.25, -0.2) is 9.97 Å². The molecular weight excluding hydrogens is 294 g/mol. The zero-order valence-electron chi connectivity index (χ0n) is 12.3. The van der Waals surface area contributed by atoms with Crippen LogP contribution in [0.2, 0.25) is 0 Å². The molecule has 7 heteroatoms. The second-order valence-corrected chi connectivity index (χ2v) is 5.48. The van der Waals surface area contributed by atoms with E-state index in [4.69, 9.17) is 4.52 Å². The third kappa shape index (κ3) is 2.61. The minimum Gasteiger partial charge on any atom is -0.350 e. The third-order valence-corrected chi connectivity index (χ3v) is 3.95. The first-order chi connectivity index (χ1) is 11.3. The average Bonchev–Trinajstić information content (AvgIpc) is 3.22. The molecular formula is C16H15N5O2. The molecule has 4 rings (SSSR count). The van der Waals surface area contributed by atoms with Gasteiger partial charge in [0.2, 0.25) is 11.7 Å². The summed E-state index contributed by atoms with van der Waals surface area (Å²) in [7, 11) is 0. The Bertz CT molecular complexity index is 833. The van der Waals surface area contributed by atoms with Gasteiger partial charge in [0.1, 0.15) is 5.52 Å². The van der Waals surface area contributed by atoms with Gasteiger partial charge >= 0.3 is 0 Å². The van der Waals surface area contributed by atoms with Gasteiger partial charge in [0.25, 0.3) is 5.91 Å². The Balaban J connectivity index is 1.48. The molecule has 0 saturated carbocycles. The third-order valence-electron chi connectivity index (χ3n) is 3.95. The number of likely N-dealkylation sites (tertiary alicyclic amines) is 1. The highest BCUT2D eigenvalue weighted by Crippen LogP contribution is 2.22. The fourth-order valence-corrected chi connectivity index (χ4v) is 2.81. The minimum atomic E-state index is -0.128. The SMILES string of the molecule is O=C(c1onc2ccccc12)N1CCC(Nc2ncccn2)C1. The Morgan fingerprint density at radius 2 is 2.04 bits per heavy atom. The quantitative estimate of drug-likeness (QED) is 0.796. The van der Waals surface area contributed by atoms with Crippen molar-refractivity contribution in [2.75, 3.05) is 18.4 Å². The molecule has 1 N–H and O–H groups in total. The number of anilines is 1. The molecule has 116 valence electrons. The van der Waals surface area contributed by atoms with Crippen molar-refractivity contribution in [2.45, 2.75) is 12.5 Å². The lowest BCUT2D eigenvalue weighted by molar-refractivity contribution is 0.0753. The lowest BCUT2D eigenvalue weighted by Gasteiger charge is -2.15. The minimum absolute atomic E-state index is 0.128. The summed E-state index contributed by atoms with van der Waals surface area (Å²) in [6.07, 6.45) is 4.22. The van der Waals surface area contributed by atoms with Crippen LogP contribution >= 0.6 is 0 Å². The second kappa shape index (κ2) is 5.68. The van der Waals surface area contributed by atoms with E-state index >= 15 is 0 Å². The number of aromatic nitrogens is 3. The maximum absolute atomic E-state index is 12.7. The highest BCUT2D eigenvalue weighted by atomic mass is 16.5. The summed E-state index contributed by atoms with van der Waals surface area (Å²) in [5.41, 5.74) is 0.697. The zero-order valence-corrected chi connectivity index (χ0v) is 12.3. The van der Waals surface area contributed by atoms with Crippen molar-refractivity contribution in [1.82, 2.24) is 20.0 Å². The molecule has 1 saturated heterocycles. The smallest absolute Gasteiger partial charge is 0.293 e. The molecule has 3 heterocycles. The summed E-state index contributed by atoms with van der Waals surface area (Å²) in [4.78, 5) is 22.7. The molecule has 7 nitrogen and oxygen atoms in total. The van der Waals surface area contributed by atoms with Gasteiger partial charge in [-0.1, -0.05) is 17.3 Å². The summed E-state index contributed by atoms with van der Waals surface area (Å²) >= 11 is 0. The number of rotatable bonds is 3. The number of hydrogen-bond acceptors (Lipinski definition) is 6. The fourth-order valence-electron chi connectivity index (χ4n) is 2.81. The largest absolute Gasteiger partial charge is 0.350 e. The van der Waals surface area contributed by atoms with Gasteiger partial charge in [-0.15, -0.1) is 0 Å². The van der Waals surface area contributed by atoms with E-state index in [1.807, 2.05) is 24.3 Å². The van der Waals surface area contributed by atoms with E-state index in [2.05, 4.69) is 20.4 Å². The van der Waals surface area contributed by atoms with Crippen molar-refractivity contribution < 1.29 is 9.32 Å². The summed E-state index contributed by atoms with van der Waals surface area (Å²) in [6.45, 7) is 1.25. The van der Waals surface area contributed by atoms with E-state index in [0.29, 0.717) is 30.3 Å². The van der Waals surface area contributed by atoms with Crippen LogP contribution in [0.5, 0.6) is 0 Å². The molecule has 1 fully saturated rings. The van der Waals surface area contributed by atoms with E-state index in [1.54, 1.807) is 23.4 Å². The molecule has 0 radical (unpaired) electrons. The van der Waals surface area contributed by atoms with Gasteiger partial charge in [-0.3, -0.25) is 4.79 Å². The van der Waals surface area contributed by atoms with Crippen LogP contribution < -0.4 is 5.32 Å². The number of benzene rings is 1. The topological polar surface area (TPSA) is 84.2 Å². The van der Waals surface area contributed by atoms with Gasteiger partial charge in [-0.2, -0.15) is 0 Å². The number of carbonyl (C=O) groups is 1. The van der Waals surface area contributed by atoms with Crippen molar-refractivity contribution in [3.8, 4) is 0 Å². The maximum Gasteiger partial charge on any atom is 0.293 e. The molecule has 1 aliphatic heterocycles. The fraction of sp³-hybridized carbons (Fsp3) is 0.250. The van der Waals surface area contributed by atoms with Crippen LogP contribution in [0.15, 0.2) is 47.2 Å². The summed E-state index contributed by atoms with van der Waals surface area (Å²) < 4.78 is 5.26. The lowest BCUT2D eigenvalue weighted by Crippen LogP contribution is -2.31. The molecule has 1 unspecified atom stereocenters.